The Hall–Kier alpha value is -1.92. The Kier molecular flexibility index (Phi) is 3.90. The van der Waals surface area contributed by atoms with E-state index in [9.17, 15) is 4.79 Å². The molecule has 1 aromatic carbocycles. The molecule has 0 unspecified atom stereocenters. The first-order valence-electron chi connectivity index (χ1n) is 6.32. The second-order valence-corrected chi connectivity index (χ2v) is 5.62. The lowest BCUT2D eigenvalue weighted by atomic mass is 10.3. The number of oxazole rings is 1. The van der Waals surface area contributed by atoms with Gasteiger partial charge in [0.25, 0.3) is 0 Å². The highest BCUT2D eigenvalue weighted by Crippen LogP contribution is 2.22. The smallest absolute Gasteiger partial charge is 0.357 e. The summed E-state index contributed by atoms with van der Waals surface area (Å²) in [7, 11) is 0. The molecule has 0 aliphatic rings. The van der Waals surface area contributed by atoms with Crippen LogP contribution in [-0.2, 0) is 11.2 Å². The van der Waals surface area contributed by atoms with Crippen molar-refractivity contribution in [3.05, 3.63) is 45.2 Å². The van der Waals surface area contributed by atoms with E-state index < -0.39 is 5.97 Å². The SMILES string of the molecule is CCOC(=O)c1csc(Cc2nc3cc(Cl)ccc3o2)n1. The molecule has 0 bridgehead atoms. The van der Waals surface area contributed by atoms with Gasteiger partial charge in [-0.3, -0.25) is 0 Å². The Morgan fingerprint density at radius 3 is 3.10 bits per heavy atom. The molecule has 0 amide bonds. The molecule has 3 aromatic rings. The van der Waals surface area contributed by atoms with E-state index in [1.54, 1.807) is 30.5 Å². The number of carbonyl (C=O) groups is 1. The number of aromatic nitrogens is 2. The van der Waals surface area contributed by atoms with Crippen LogP contribution in [0.5, 0.6) is 0 Å². The highest BCUT2D eigenvalue weighted by atomic mass is 35.5. The minimum atomic E-state index is -0.413. The van der Waals surface area contributed by atoms with Gasteiger partial charge in [-0.15, -0.1) is 11.3 Å². The minimum Gasteiger partial charge on any atom is -0.461 e. The number of hydrogen-bond donors (Lipinski definition) is 0. The molecule has 5 nitrogen and oxygen atoms in total. The van der Waals surface area contributed by atoms with E-state index in [2.05, 4.69) is 9.97 Å². The Balaban J connectivity index is 1.80. The Labute approximate surface area is 129 Å². The van der Waals surface area contributed by atoms with Crippen LogP contribution < -0.4 is 0 Å². The van der Waals surface area contributed by atoms with Crippen LogP contribution in [0.3, 0.4) is 0 Å². The summed E-state index contributed by atoms with van der Waals surface area (Å²) in [6, 6.07) is 5.27. The fourth-order valence-corrected chi connectivity index (χ4v) is 2.76. The highest BCUT2D eigenvalue weighted by molar-refractivity contribution is 7.09. The quantitative estimate of drug-likeness (QED) is 0.685. The molecular weight excluding hydrogens is 312 g/mol. The summed E-state index contributed by atoms with van der Waals surface area (Å²) in [5.41, 5.74) is 1.70. The van der Waals surface area contributed by atoms with Crippen molar-refractivity contribution in [3.8, 4) is 0 Å². The normalized spacial score (nSPS) is 11.0. The zero-order valence-electron chi connectivity index (χ0n) is 11.1. The first kappa shape index (κ1) is 14.0. The molecule has 0 saturated carbocycles. The van der Waals surface area contributed by atoms with Gasteiger partial charge in [0, 0.05) is 10.4 Å². The van der Waals surface area contributed by atoms with Crippen LogP contribution >= 0.6 is 22.9 Å². The van der Waals surface area contributed by atoms with Crippen LogP contribution in [-0.4, -0.2) is 22.5 Å². The number of fused-ring (bicyclic) bond motifs is 1. The number of benzene rings is 1. The zero-order valence-corrected chi connectivity index (χ0v) is 12.7. The molecule has 0 saturated heterocycles. The third-order valence-corrected chi connectivity index (χ3v) is 3.82. The summed E-state index contributed by atoms with van der Waals surface area (Å²) in [4.78, 5) is 20.1. The molecule has 3 rings (SSSR count). The monoisotopic (exact) mass is 322 g/mol. The largest absolute Gasteiger partial charge is 0.461 e. The maximum absolute atomic E-state index is 11.6. The lowest BCUT2D eigenvalue weighted by Gasteiger charge is -1.95. The number of nitrogens with zero attached hydrogens (tertiary/aromatic N) is 2. The maximum Gasteiger partial charge on any atom is 0.357 e. The standard InChI is InChI=1S/C14H11ClN2O3S/c1-2-19-14(18)10-7-21-13(17-10)6-12-16-9-5-8(15)3-4-11(9)20-12/h3-5,7H,2,6H2,1H3. The summed E-state index contributed by atoms with van der Waals surface area (Å²) in [5, 5.41) is 3.03. The number of carbonyl (C=O) groups excluding carboxylic acids is 1. The Morgan fingerprint density at radius 1 is 1.43 bits per heavy atom. The molecule has 0 atom stereocenters. The molecule has 21 heavy (non-hydrogen) atoms. The van der Waals surface area contributed by atoms with Crippen LogP contribution in [0.4, 0.5) is 0 Å². The van der Waals surface area contributed by atoms with Gasteiger partial charge >= 0.3 is 5.97 Å². The van der Waals surface area contributed by atoms with Crippen molar-refractivity contribution >= 4 is 40.0 Å². The van der Waals surface area contributed by atoms with Gasteiger partial charge in [0.05, 0.1) is 13.0 Å². The van der Waals surface area contributed by atoms with Gasteiger partial charge in [-0.1, -0.05) is 11.6 Å². The van der Waals surface area contributed by atoms with Crippen LogP contribution in [0.25, 0.3) is 11.1 Å². The number of hydrogen-bond acceptors (Lipinski definition) is 6. The molecule has 2 heterocycles. The topological polar surface area (TPSA) is 65.2 Å². The van der Waals surface area contributed by atoms with Crippen molar-refractivity contribution < 1.29 is 13.9 Å². The van der Waals surface area contributed by atoms with Gasteiger partial charge in [-0.05, 0) is 25.1 Å². The van der Waals surface area contributed by atoms with E-state index in [4.69, 9.17) is 20.8 Å². The summed E-state index contributed by atoms with van der Waals surface area (Å²) in [5.74, 6) is 0.126. The van der Waals surface area contributed by atoms with E-state index in [0.29, 0.717) is 40.7 Å². The van der Waals surface area contributed by atoms with Crippen LogP contribution in [0.2, 0.25) is 5.02 Å². The molecule has 0 fully saturated rings. The van der Waals surface area contributed by atoms with Gasteiger partial charge < -0.3 is 9.15 Å². The number of ether oxygens (including phenoxy) is 1. The Morgan fingerprint density at radius 2 is 2.29 bits per heavy atom. The number of esters is 1. The average molecular weight is 323 g/mol. The van der Waals surface area contributed by atoms with Crippen molar-refractivity contribution in [1.82, 2.24) is 9.97 Å². The number of halogens is 1. The van der Waals surface area contributed by atoms with Gasteiger partial charge in [-0.25, -0.2) is 14.8 Å². The van der Waals surface area contributed by atoms with Crippen LogP contribution in [0.1, 0.15) is 28.3 Å². The fraction of sp³-hybridized carbons (Fsp3) is 0.214. The molecule has 2 aromatic heterocycles. The molecule has 7 heteroatoms. The summed E-state index contributed by atoms with van der Waals surface area (Å²) >= 11 is 7.29. The van der Waals surface area contributed by atoms with E-state index >= 15 is 0 Å². The second-order valence-electron chi connectivity index (χ2n) is 4.24. The number of rotatable bonds is 4. The molecule has 0 N–H and O–H groups in total. The van der Waals surface area contributed by atoms with Crippen molar-refractivity contribution in [2.45, 2.75) is 13.3 Å². The predicted octanol–water partition coefficient (Wildman–Crippen LogP) is 3.71. The maximum atomic E-state index is 11.6. The van der Waals surface area contributed by atoms with Gasteiger partial charge in [0.2, 0.25) is 5.89 Å². The molecule has 0 aliphatic carbocycles. The lowest BCUT2D eigenvalue weighted by molar-refractivity contribution is 0.0520. The zero-order chi connectivity index (χ0) is 14.8. The molecule has 0 aliphatic heterocycles. The fourth-order valence-electron chi connectivity index (χ4n) is 1.84. The summed E-state index contributed by atoms with van der Waals surface area (Å²) < 4.78 is 10.5. The third kappa shape index (κ3) is 3.06. The first-order valence-corrected chi connectivity index (χ1v) is 7.58. The van der Waals surface area contributed by atoms with E-state index in [1.807, 2.05) is 0 Å². The molecule has 108 valence electrons. The van der Waals surface area contributed by atoms with E-state index in [0.717, 1.165) is 5.01 Å². The number of thiazole rings is 1. The molecule has 0 spiro atoms. The molecule has 0 radical (unpaired) electrons. The second kappa shape index (κ2) is 5.83. The van der Waals surface area contributed by atoms with Crippen molar-refractivity contribution in [3.63, 3.8) is 0 Å². The van der Waals surface area contributed by atoms with E-state index in [1.165, 1.54) is 11.3 Å². The Bertz CT molecular complexity index is 796. The van der Waals surface area contributed by atoms with Gasteiger partial charge in [0.1, 0.15) is 10.5 Å². The highest BCUT2D eigenvalue weighted by Gasteiger charge is 2.14. The summed E-state index contributed by atoms with van der Waals surface area (Å²) in [6.07, 6.45) is 0.427. The average Bonchev–Trinajstić information content (AvgIpc) is 3.05. The minimum absolute atomic E-state index is 0.316. The van der Waals surface area contributed by atoms with E-state index in [-0.39, 0.29) is 0 Å². The van der Waals surface area contributed by atoms with Gasteiger partial charge in [-0.2, -0.15) is 0 Å². The van der Waals surface area contributed by atoms with Crippen LogP contribution in [0, 0.1) is 0 Å². The van der Waals surface area contributed by atoms with Crippen molar-refractivity contribution in [1.29, 1.82) is 0 Å². The van der Waals surface area contributed by atoms with Crippen molar-refractivity contribution in [2.75, 3.05) is 6.61 Å². The molecular formula is C14H11ClN2O3S. The van der Waals surface area contributed by atoms with Gasteiger partial charge in [0.15, 0.2) is 11.3 Å². The van der Waals surface area contributed by atoms with Crippen LogP contribution in [0.15, 0.2) is 28.0 Å². The first-order chi connectivity index (χ1) is 10.2. The predicted molar refractivity (Wildman–Crippen MR) is 79.9 cm³/mol. The lowest BCUT2D eigenvalue weighted by Crippen LogP contribution is -2.05. The summed E-state index contributed by atoms with van der Waals surface area (Å²) in [6.45, 7) is 2.09. The third-order valence-electron chi connectivity index (χ3n) is 2.73. The van der Waals surface area contributed by atoms with Crippen molar-refractivity contribution in [2.24, 2.45) is 0 Å².